The van der Waals surface area contributed by atoms with Crippen LogP contribution in [-0.2, 0) is 16.4 Å². The molecule has 0 radical (unpaired) electrons. The Balaban J connectivity index is 2.57. The molecule has 0 unspecified atom stereocenters. The van der Waals surface area contributed by atoms with Crippen LogP contribution in [0.25, 0.3) is 0 Å². The Morgan fingerprint density at radius 2 is 1.94 bits per heavy atom. The van der Waals surface area contributed by atoms with E-state index in [1.807, 2.05) is 0 Å². The van der Waals surface area contributed by atoms with Crippen LogP contribution in [0, 0.1) is 0 Å². The molecule has 5 heteroatoms. The van der Waals surface area contributed by atoms with Crippen molar-refractivity contribution in [3.63, 3.8) is 0 Å². The maximum Gasteiger partial charge on any atom is 0.155 e. The molecule has 0 amide bonds. The van der Waals surface area contributed by atoms with Gasteiger partial charge in [0.2, 0.25) is 0 Å². The summed E-state index contributed by atoms with van der Waals surface area (Å²) >= 11 is 0. The van der Waals surface area contributed by atoms with Gasteiger partial charge in [0.25, 0.3) is 0 Å². The van der Waals surface area contributed by atoms with Crippen molar-refractivity contribution in [1.82, 2.24) is 0 Å². The smallest absolute Gasteiger partial charge is 0.155 e. The first kappa shape index (κ1) is 14.0. The van der Waals surface area contributed by atoms with E-state index >= 15 is 0 Å². The molecule has 1 rings (SSSR count). The predicted molar refractivity (Wildman–Crippen MR) is 66.8 cm³/mol. The van der Waals surface area contributed by atoms with Gasteiger partial charge in [-0.2, -0.15) is 0 Å². The Labute approximate surface area is 102 Å². The summed E-state index contributed by atoms with van der Waals surface area (Å²) in [4.78, 5) is 0. The first-order chi connectivity index (χ1) is 7.97. The molecule has 4 nitrogen and oxygen atoms in total. The molecule has 0 bridgehead atoms. The number of sulfone groups is 1. The lowest BCUT2D eigenvalue weighted by atomic mass is 10.2. The van der Waals surface area contributed by atoms with E-state index in [1.165, 1.54) is 0 Å². The molecular formula is C12H18O4S. The van der Waals surface area contributed by atoms with Crippen LogP contribution in [0.15, 0.2) is 24.3 Å². The zero-order valence-corrected chi connectivity index (χ0v) is 10.9. The summed E-state index contributed by atoms with van der Waals surface area (Å²) in [7, 11) is -3.08. The summed E-state index contributed by atoms with van der Waals surface area (Å²) in [5.74, 6) is 0.527. The van der Waals surface area contributed by atoms with E-state index in [2.05, 4.69) is 0 Å². The van der Waals surface area contributed by atoms with Gasteiger partial charge in [0.05, 0.1) is 17.6 Å². The highest BCUT2D eigenvalue weighted by Crippen LogP contribution is 2.17. The van der Waals surface area contributed by atoms with Crippen molar-refractivity contribution in [2.75, 3.05) is 12.4 Å². The summed E-state index contributed by atoms with van der Waals surface area (Å²) in [6, 6.07) is 7.04. The summed E-state index contributed by atoms with van der Waals surface area (Å²) in [6.07, 6.45) is 0. The molecule has 1 aromatic carbocycles. The lowest BCUT2D eigenvalue weighted by molar-refractivity contribution is 0.267. The third-order valence-electron chi connectivity index (χ3n) is 2.49. The quantitative estimate of drug-likeness (QED) is 0.837. The number of benzene rings is 1. The summed E-state index contributed by atoms with van der Waals surface area (Å²) < 4.78 is 28.5. The van der Waals surface area contributed by atoms with Gasteiger partial charge >= 0.3 is 0 Å². The molecule has 0 atom stereocenters. The van der Waals surface area contributed by atoms with Gasteiger partial charge in [-0.25, -0.2) is 8.42 Å². The first-order valence-electron chi connectivity index (χ1n) is 5.50. The molecule has 17 heavy (non-hydrogen) atoms. The van der Waals surface area contributed by atoms with Crippen LogP contribution in [0.2, 0.25) is 0 Å². The van der Waals surface area contributed by atoms with Crippen molar-refractivity contribution in [2.24, 2.45) is 0 Å². The second-order valence-corrected chi connectivity index (χ2v) is 6.71. The fourth-order valence-corrected chi connectivity index (χ4v) is 2.07. The molecular weight excluding hydrogens is 240 g/mol. The Morgan fingerprint density at radius 1 is 1.29 bits per heavy atom. The molecule has 0 aliphatic rings. The molecule has 0 saturated heterocycles. The second-order valence-electron chi connectivity index (χ2n) is 4.03. The zero-order valence-electron chi connectivity index (χ0n) is 10.1. The van der Waals surface area contributed by atoms with Crippen molar-refractivity contribution >= 4 is 9.84 Å². The third kappa shape index (κ3) is 4.02. The first-order valence-corrected chi connectivity index (χ1v) is 7.22. The van der Waals surface area contributed by atoms with E-state index in [1.54, 1.807) is 38.1 Å². The van der Waals surface area contributed by atoms with Crippen molar-refractivity contribution in [3.05, 3.63) is 29.8 Å². The van der Waals surface area contributed by atoms with Crippen LogP contribution in [0.4, 0.5) is 0 Å². The van der Waals surface area contributed by atoms with Crippen LogP contribution >= 0.6 is 0 Å². The second kappa shape index (κ2) is 6.02. The van der Waals surface area contributed by atoms with Crippen LogP contribution in [-0.4, -0.2) is 31.1 Å². The Morgan fingerprint density at radius 3 is 2.53 bits per heavy atom. The topological polar surface area (TPSA) is 63.6 Å². The normalized spacial score (nSPS) is 11.8. The van der Waals surface area contributed by atoms with Gasteiger partial charge in [0.15, 0.2) is 9.84 Å². The van der Waals surface area contributed by atoms with Crippen molar-refractivity contribution in [3.8, 4) is 5.75 Å². The van der Waals surface area contributed by atoms with Crippen molar-refractivity contribution < 1.29 is 18.3 Å². The van der Waals surface area contributed by atoms with Gasteiger partial charge in [0.1, 0.15) is 12.4 Å². The van der Waals surface area contributed by atoms with Crippen molar-refractivity contribution in [2.45, 2.75) is 25.7 Å². The van der Waals surface area contributed by atoms with Crippen LogP contribution in [0.3, 0.4) is 0 Å². The zero-order chi connectivity index (χ0) is 12.9. The molecule has 0 spiro atoms. The molecule has 1 N–H and O–H groups in total. The number of para-hydroxylation sites is 1. The largest absolute Gasteiger partial charge is 0.492 e. The molecule has 0 aliphatic heterocycles. The van der Waals surface area contributed by atoms with Crippen LogP contribution < -0.4 is 4.74 Å². The molecule has 0 aliphatic carbocycles. The Kier molecular flexibility index (Phi) is 4.96. The maximum absolute atomic E-state index is 11.5. The standard InChI is InChI=1S/C12H18O4S/c1-10(2)17(14,15)8-7-16-12-6-4-3-5-11(12)9-13/h3-6,10,13H,7-9H2,1-2H3. The predicted octanol–water partition coefficient (Wildman–Crippen LogP) is 1.38. The maximum atomic E-state index is 11.5. The highest BCUT2D eigenvalue weighted by Gasteiger charge is 2.16. The van der Waals surface area contributed by atoms with E-state index in [0.717, 1.165) is 0 Å². The minimum atomic E-state index is -3.08. The van der Waals surface area contributed by atoms with E-state index in [4.69, 9.17) is 9.84 Å². The molecule has 0 heterocycles. The highest BCUT2D eigenvalue weighted by atomic mass is 32.2. The molecule has 0 fully saturated rings. The monoisotopic (exact) mass is 258 g/mol. The highest BCUT2D eigenvalue weighted by molar-refractivity contribution is 7.91. The summed E-state index contributed by atoms with van der Waals surface area (Å²) in [6.45, 7) is 3.29. The van der Waals surface area contributed by atoms with Gasteiger partial charge in [-0.05, 0) is 19.9 Å². The van der Waals surface area contributed by atoms with Crippen LogP contribution in [0.1, 0.15) is 19.4 Å². The third-order valence-corrected chi connectivity index (χ3v) is 4.66. The molecule has 1 aromatic rings. The lowest BCUT2D eigenvalue weighted by Crippen LogP contribution is -2.22. The number of aliphatic hydroxyl groups is 1. The van der Waals surface area contributed by atoms with Gasteiger partial charge in [-0.1, -0.05) is 18.2 Å². The van der Waals surface area contributed by atoms with Gasteiger partial charge in [-0.15, -0.1) is 0 Å². The van der Waals surface area contributed by atoms with Gasteiger partial charge in [0, 0.05) is 5.56 Å². The number of hydrogen-bond donors (Lipinski definition) is 1. The Hall–Kier alpha value is -1.07. The Bertz CT molecular complexity index is 451. The molecule has 0 saturated carbocycles. The average Bonchev–Trinajstić information content (AvgIpc) is 2.29. The number of hydrogen-bond acceptors (Lipinski definition) is 4. The SMILES string of the molecule is CC(C)S(=O)(=O)CCOc1ccccc1CO. The van der Waals surface area contributed by atoms with E-state index in [9.17, 15) is 8.42 Å². The number of rotatable bonds is 6. The summed E-state index contributed by atoms with van der Waals surface area (Å²) in [5, 5.41) is 8.68. The molecule has 96 valence electrons. The summed E-state index contributed by atoms with van der Waals surface area (Å²) in [5.41, 5.74) is 0.662. The number of ether oxygens (including phenoxy) is 1. The number of aliphatic hydroxyl groups excluding tert-OH is 1. The molecule has 0 aromatic heterocycles. The van der Waals surface area contributed by atoms with Gasteiger partial charge < -0.3 is 9.84 Å². The minimum absolute atomic E-state index is 0.00949. The minimum Gasteiger partial charge on any atom is -0.492 e. The lowest BCUT2D eigenvalue weighted by Gasteiger charge is -2.11. The van der Waals surface area contributed by atoms with E-state index in [-0.39, 0.29) is 24.2 Å². The van der Waals surface area contributed by atoms with E-state index in [0.29, 0.717) is 11.3 Å². The fourth-order valence-electron chi connectivity index (χ4n) is 1.28. The van der Waals surface area contributed by atoms with Crippen molar-refractivity contribution in [1.29, 1.82) is 0 Å². The van der Waals surface area contributed by atoms with Crippen LogP contribution in [0.5, 0.6) is 5.75 Å². The van der Waals surface area contributed by atoms with Gasteiger partial charge in [-0.3, -0.25) is 0 Å². The average molecular weight is 258 g/mol. The van der Waals surface area contributed by atoms with E-state index < -0.39 is 9.84 Å². The fraction of sp³-hybridized carbons (Fsp3) is 0.500.